The Kier molecular flexibility index (Phi) is 3.07. The summed E-state index contributed by atoms with van der Waals surface area (Å²) in [4.78, 5) is 12.3. The normalized spacial score (nSPS) is 47.6. The first-order chi connectivity index (χ1) is 8.64. The fourth-order valence-corrected chi connectivity index (χ4v) is 4.19. The van der Waals surface area contributed by atoms with Crippen LogP contribution >= 0.6 is 0 Å². The predicted octanol–water partition coefficient (Wildman–Crippen LogP) is 1.95. The number of aliphatic hydroxyl groups is 1. The molecule has 3 aliphatic rings. The van der Waals surface area contributed by atoms with Gasteiger partial charge in [-0.25, -0.2) is 0 Å². The van der Waals surface area contributed by atoms with Gasteiger partial charge in [0.25, 0.3) is 0 Å². The third-order valence-corrected chi connectivity index (χ3v) is 5.15. The first-order valence-electron chi connectivity index (χ1n) is 7.11. The summed E-state index contributed by atoms with van der Waals surface area (Å²) >= 11 is 0. The number of hydrogen-bond donors (Lipinski definition) is 1. The highest BCUT2D eigenvalue weighted by Gasteiger charge is 2.51. The zero-order chi connectivity index (χ0) is 12.8. The Hall–Kier alpha value is -0.670. The smallest absolute Gasteiger partial charge is 0.141 e. The molecule has 0 radical (unpaired) electrons. The van der Waals surface area contributed by atoms with E-state index in [1.54, 1.807) is 0 Å². The van der Waals surface area contributed by atoms with Crippen LogP contribution in [0.25, 0.3) is 0 Å². The number of allylic oxidation sites excluding steroid dienone is 1. The summed E-state index contributed by atoms with van der Waals surface area (Å²) in [6.45, 7) is 2.90. The van der Waals surface area contributed by atoms with Crippen LogP contribution < -0.4 is 0 Å². The molecule has 0 aromatic rings. The molecule has 3 rings (SSSR count). The van der Waals surface area contributed by atoms with E-state index in [2.05, 4.69) is 19.1 Å². The van der Waals surface area contributed by atoms with E-state index in [9.17, 15) is 9.90 Å². The van der Waals surface area contributed by atoms with Gasteiger partial charge in [-0.05, 0) is 43.9 Å². The van der Waals surface area contributed by atoms with E-state index in [0.717, 1.165) is 19.3 Å². The van der Waals surface area contributed by atoms with Crippen molar-refractivity contribution < 1.29 is 14.6 Å². The minimum absolute atomic E-state index is 0.0425. The number of ketones is 1. The van der Waals surface area contributed by atoms with Crippen LogP contribution in [0.1, 0.15) is 32.6 Å². The van der Waals surface area contributed by atoms with Gasteiger partial charge < -0.3 is 9.84 Å². The second-order valence-corrected chi connectivity index (χ2v) is 6.27. The quantitative estimate of drug-likeness (QED) is 0.723. The summed E-state index contributed by atoms with van der Waals surface area (Å²) in [5.74, 6) is 1.72. The zero-order valence-electron chi connectivity index (χ0n) is 11.0. The van der Waals surface area contributed by atoms with Crippen molar-refractivity contribution in [1.29, 1.82) is 0 Å². The number of carbonyl (C=O) groups excluding carboxylic acids is 1. The van der Waals surface area contributed by atoms with Crippen molar-refractivity contribution >= 4 is 5.78 Å². The van der Waals surface area contributed by atoms with E-state index in [4.69, 9.17) is 4.74 Å². The molecule has 5 unspecified atom stereocenters. The monoisotopic (exact) mass is 250 g/mol. The van der Waals surface area contributed by atoms with Gasteiger partial charge in [0, 0.05) is 13.0 Å². The minimum atomic E-state index is -0.372. The second-order valence-electron chi connectivity index (χ2n) is 6.27. The fourth-order valence-electron chi connectivity index (χ4n) is 4.19. The van der Waals surface area contributed by atoms with E-state index >= 15 is 0 Å². The van der Waals surface area contributed by atoms with Gasteiger partial charge in [0.1, 0.15) is 5.78 Å². The Morgan fingerprint density at radius 1 is 1.50 bits per heavy atom. The maximum Gasteiger partial charge on any atom is 0.141 e. The van der Waals surface area contributed by atoms with Crippen molar-refractivity contribution in [3.63, 3.8) is 0 Å². The SMILES string of the molecule is CC12C=CC3CC(CO)CCC3C1C(=O)CCO2. The van der Waals surface area contributed by atoms with Gasteiger partial charge in [0.2, 0.25) is 0 Å². The third-order valence-electron chi connectivity index (χ3n) is 5.15. The molecule has 0 amide bonds. The lowest BCUT2D eigenvalue weighted by molar-refractivity contribution is -0.155. The van der Waals surface area contributed by atoms with E-state index in [-0.39, 0.29) is 18.1 Å². The van der Waals surface area contributed by atoms with E-state index < -0.39 is 0 Å². The molecule has 3 nitrogen and oxygen atoms in total. The molecule has 1 aliphatic heterocycles. The molecule has 2 aliphatic carbocycles. The van der Waals surface area contributed by atoms with Crippen molar-refractivity contribution in [1.82, 2.24) is 0 Å². The lowest BCUT2D eigenvalue weighted by Gasteiger charge is -2.50. The van der Waals surface area contributed by atoms with Gasteiger partial charge in [-0.15, -0.1) is 0 Å². The Balaban J connectivity index is 1.88. The van der Waals surface area contributed by atoms with E-state index in [0.29, 0.717) is 36.6 Å². The Bertz CT molecular complexity index is 376. The molecule has 0 aromatic carbocycles. The van der Waals surface area contributed by atoms with Crippen LogP contribution in [0.3, 0.4) is 0 Å². The van der Waals surface area contributed by atoms with Gasteiger partial charge >= 0.3 is 0 Å². The molecule has 18 heavy (non-hydrogen) atoms. The standard InChI is InChI=1S/C15H22O3/c1-15-6-4-11-8-10(9-16)2-3-12(11)14(15)13(17)5-7-18-15/h4,6,10-12,14,16H,2-3,5,7-9H2,1H3. The number of hydrogen-bond acceptors (Lipinski definition) is 3. The topological polar surface area (TPSA) is 46.5 Å². The van der Waals surface area contributed by atoms with Gasteiger partial charge in [-0.1, -0.05) is 12.2 Å². The maximum absolute atomic E-state index is 12.3. The summed E-state index contributed by atoms with van der Waals surface area (Å²) in [5.41, 5.74) is -0.372. The summed E-state index contributed by atoms with van der Waals surface area (Å²) in [6.07, 6.45) is 8.04. The van der Waals surface area contributed by atoms with Gasteiger partial charge in [-0.2, -0.15) is 0 Å². The van der Waals surface area contributed by atoms with Crippen molar-refractivity contribution in [3.05, 3.63) is 12.2 Å². The summed E-state index contributed by atoms with van der Waals surface area (Å²) < 4.78 is 5.88. The number of Topliss-reactive ketones (excluding diaryl/α,β-unsaturated/α-hetero) is 1. The van der Waals surface area contributed by atoms with Crippen molar-refractivity contribution in [2.24, 2.45) is 23.7 Å². The molecule has 5 atom stereocenters. The molecule has 0 aromatic heterocycles. The summed E-state index contributed by atoms with van der Waals surface area (Å²) in [6, 6.07) is 0. The Morgan fingerprint density at radius 2 is 2.33 bits per heavy atom. The zero-order valence-corrected chi connectivity index (χ0v) is 11.0. The summed E-state index contributed by atoms with van der Waals surface area (Å²) in [5, 5.41) is 9.30. The molecule has 3 heteroatoms. The van der Waals surface area contributed by atoms with Crippen LogP contribution in [0, 0.1) is 23.7 Å². The Morgan fingerprint density at radius 3 is 3.11 bits per heavy atom. The number of aliphatic hydroxyl groups excluding tert-OH is 1. The molecule has 0 spiro atoms. The number of carbonyl (C=O) groups is 1. The molecule has 1 N–H and O–H groups in total. The van der Waals surface area contributed by atoms with Gasteiger partial charge in [-0.3, -0.25) is 4.79 Å². The number of fused-ring (bicyclic) bond motifs is 3. The number of rotatable bonds is 1. The average Bonchev–Trinajstić information content (AvgIpc) is 2.37. The average molecular weight is 250 g/mol. The van der Waals surface area contributed by atoms with Crippen molar-refractivity contribution in [2.75, 3.05) is 13.2 Å². The molecule has 100 valence electrons. The van der Waals surface area contributed by atoms with Crippen LogP contribution in [0.15, 0.2) is 12.2 Å². The highest BCUT2D eigenvalue weighted by atomic mass is 16.5. The first kappa shape index (κ1) is 12.4. The highest BCUT2D eigenvalue weighted by Crippen LogP contribution is 2.49. The Labute approximate surface area is 108 Å². The molecule has 1 saturated heterocycles. The fraction of sp³-hybridized carbons (Fsp3) is 0.800. The molecular formula is C15H22O3. The third kappa shape index (κ3) is 1.84. The molecule has 0 bridgehead atoms. The van der Waals surface area contributed by atoms with E-state index in [1.807, 2.05) is 0 Å². The maximum atomic E-state index is 12.3. The van der Waals surface area contributed by atoms with Gasteiger partial charge in [0.15, 0.2) is 0 Å². The highest BCUT2D eigenvalue weighted by molar-refractivity contribution is 5.84. The van der Waals surface area contributed by atoms with Crippen molar-refractivity contribution in [2.45, 2.75) is 38.2 Å². The first-order valence-corrected chi connectivity index (χ1v) is 7.11. The molecule has 1 saturated carbocycles. The van der Waals surface area contributed by atoms with Crippen LogP contribution in [-0.4, -0.2) is 29.7 Å². The molecular weight excluding hydrogens is 228 g/mol. The lowest BCUT2D eigenvalue weighted by Crippen LogP contribution is -2.53. The van der Waals surface area contributed by atoms with Crippen molar-refractivity contribution in [3.8, 4) is 0 Å². The van der Waals surface area contributed by atoms with Crippen LogP contribution in [0.5, 0.6) is 0 Å². The second kappa shape index (κ2) is 4.46. The van der Waals surface area contributed by atoms with Crippen LogP contribution in [0.4, 0.5) is 0 Å². The molecule has 1 heterocycles. The minimum Gasteiger partial charge on any atom is -0.396 e. The van der Waals surface area contributed by atoms with E-state index in [1.165, 1.54) is 0 Å². The predicted molar refractivity (Wildman–Crippen MR) is 68.0 cm³/mol. The molecule has 2 fully saturated rings. The van der Waals surface area contributed by atoms with Gasteiger partial charge in [0.05, 0.1) is 18.1 Å². The van der Waals surface area contributed by atoms with Crippen LogP contribution in [0.2, 0.25) is 0 Å². The largest absolute Gasteiger partial charge is 0.396 e. The lowest BCUT2D eigenvalue weighted by atomic mass is 9.59. The van der Waals surface area contributed by atoms with Crippen LogP contribution in [-0.2, 0) is 9.53 Å². The summed E-state index contributed by atoms with van der Waals surface area (Å²) in [7, 11) is 0. The number of ether oxygens (including phenoxy) is 1.